The van der Waals surface area contributed by atoms with E-state index >= 15 is 0 Å². The van der Waals surface area contributed by atoms with Crippen molar-refractivity contribution in [2.75, 3.05) is 4.31 Å². The van der Waals surface area contributed by atoms with Gasteiger partial charge in [0.2, 0.25) is 0 Å². The van der Waals surface area contributed by atoms with Crippen molar-refractivity contribution in [3.63, 3.8) is 0 Å². The molecule has 0 unspecified atom stereocenters. The normalized spacial score (nSPS) is 16.2. The Hall–Kier alpha value is -2.95. The molecule has 2 aliphatic rings. The first-order valence-corrected chi connectivity index (χ1v) is 10.8. The van der Waals surface area contributed by atoms with Crippen LogP contribution in [0.4, 0.5) is 27.6 Å². The molecule has 0 radical (unpaired) electrons. The number of sulfonamides is 1. The summed E-state index contributed by atoms with van der Waals surface area (Å²) in [6.45, 7) is -0.205. The van der Waals surface area contributed by atoms with Crippen LogP contribution in [0.3, 0.4) is 0 Å². The molecule has 0 saturated heterocycles. The standard InChI is InChI=1S/C20H14F5N3O2S/c21-16-7-15-18(8-17(16)22)27(10-11-9-26-28(19(11)15)13-3-4-13)31(29,30)14-5-1-12(2-6-14)20(23,24)25/h1-2,5-9,13H,3-4,10H2. The maximum Gasteiger partial charge on any atom is 0.416 e. The molecule has 0 amide bonds. The number of fused-ring (bicyclic) bond motifs is 3. The second-order valence-electron chi connectivity index (χ2n) is 7.51. The molecule has 1 aromatic heterocycles. The van der Waals surface area contributed by atoms with E-state index in [1.54, 1.807) is 4.68 Å². The summed E-state index contributed by atoms with van der Waals surface area (Å²) >= 11 is 0. The summed E-state index contributed by atoms with van der Waals surface area (Å²) in [4.78, 5) is -0.394. The van der Waals surface area contributed by atoms with Gasteiger partial charge in [0.05, 0.1) is 40.6 Å². The Morgan fingerprint density at radius 3 is 2.26 bits per heavy atom. The molecule has 0 bridgehead atoms. The fourth-order valence-corrected chi connectivity index (χ4v) is 5.19. The number of nitrogens with zero attached hydrogens (tertiary/aromatic N) is 3. The average molecular weight is 455 g/mol. The summed E-state index contributed by atoms with van der Waals surface area (Å²) in [7, 11) is -4.37. The molecule has 3 aromatic rings. The second kappa shape index (κ2) is 6.52. The lowest BCUT2D eigenvalue weighted by atomic mass is 10.0. The highest BCUT2D eigenvalue weighted by molar-refractivity contribution is 7.92. The highest BCUT2D eigenvalue weighted by Crippen LogP contribution is 2.46. The van der Waals surface area contributed by atoms with Gasteiger partial charge in [0, 0.05) is 17.2 Å². The highest BCUT2D eigenvalue weighted by Gasteiger charge is 2.38. The Bertz CT molecular complexity index is 1300. The van der Waals surface area contributed by atoms with Crippen molar-refractivity contribution in [3.8, 4) is 11.3 Å². The molecule has 1 fully saturated rings. The van der Waals surface area contributed by atoms with Crippen LogP contribution in [0.15, 0.2) is 47.5 Å². The molecule has 0 atom stereocenters. The Morgan fingerprint density at radius 1 is 1.00 bits per heavy atom. The fourth-order valence-electron chi connectivity index (χ4n) is 3.74. The van der Waals surface area contributed by atoms with E-state index in [9.17, 15) is 30.4 Å². The molecule has 5 rings (SSSR count). The molecule has 11 heteroatoms. The minimum Gasteiger partial charge on any atom is -0.261 e. The number of anilines is 1. The third-order valence-corrected chi connectivity index (χ3v) is 7.18. The van der Waals surface area contributed by atoms with Crippen LogP contribution in [0.1, 0.15) is 30.0 Å². The molecular weight excluding hydrogens is 441 g/mol. The lowest BCUT2D eigenvalue weighted by molar-refractivity contribution is -0.137. The Morgan fingerprint density at radius 2 is 1.65 bits per heavy atom. The quantitative estimate of drug-likeness (QED) is 0.529. The summed E-state index contributed by atoms with van der Waals surface area (Å²) in [6, 6.07) is 4.86. The monoisotopic (exact) mass is 455 g/mol. The molecule has 1 aliphatic carbocycles. The Labute approximate surface area is 173 Å². The van der Waals surface area contributed by atoms with Crippen LogP contribution < -0.4 is 4.31 Å². The molecule has 1 aliphatic heterocycles. The van der Waals surface area contributed by atoms with Crippen molar-refractivity contribution in [1.82, 2.24) is 9.78 Å². The number of hydrogen-bond acceptors (Lipinski definition) is 3. The number of benzene rings is 2. The van der Waals surface area contributed by atoms with Crippen molar-refractivity contribution >= 4 is 15.7 Å². The van der Waals surface area contributed by atoms with Crippen molar-refractivity contribution in [1.29, 1.82) is 0 Å². The van der Waals surface area contributed by atoms with Crippen LogP contribution in [0.2, 0.25) is 0 Å². The topological polar surface area (TPSA) is 55.2 Å². The summed E-state index contributed by atoms with van der Waals surface area (Å²) in [5.41, 5.74) is 0.108. The molecule has 0 spiro atoms. The van der Waals surface area contributed by atoms with E-state index in [0.29, 0.717) is 23.4 Å². The van der Waals surface area contributed by atoms with E-state index < -0.39 is 38.3 Å². The van der Waals surface area contributed by atoms with Crippen LogP contribution in [-0.4, -0.2) is 18.2 Å². The van der Waals surface area contributed by atoms with Crippen molar-refractivity contribution < 1.29 is 30.4 Å². The molecular formula is C20H14F5N3O2S. The average Bonchev–Trinajstić information content (AvgIpc) is 3.47. The first kappa shape index (κ1) is 20.0. The third kappa shape index (κ3) is 3.18. The second-order valence-corrected chi connectivity index (χ2v) is 9.37. The van der Waals surface area contributed by atoms with Crippen LogP contribution >= 0.6 is 0 Å². The predicted octanol–water partition coefficient (Wildman–Crippen LogP) is 4.89. The number of hydrogen-bond donors (Lipinski definition) is 0. The SMILES string of the molecule is O=S(=O)(c1ccc(C(F)(F)F)cc1)N1Cc2cnn(C3CC3)c2-c2cc(F)c(F)cc21. The lowest BCUT2D eigenvalue weighted by Gasteiger charge is -2.31. The van der Waals surface area contributed by atoms with Crippen LogP contribution in [0.5, 0.6) is 0 Å². The zero-order valence-electron chi connectivity index (χ0n) is 15.7. The smallest absolute Gasteiger partial charge is 0.261 e. The minimum absolute atomic E-state index is 0.0892. The maximum absolute atomic E-state index is 14.1. The molecule has 2 heterocycles. The number of rotatable bonds is 3. The van der Waals surface area contributed by atoms with Gasteiger partial charge in [-0.3, -0.25) is 8.99 Å². The van der Waals surface area contributed by atoms with Crippen molar-refractivity contribution in [2.45, 2.75) is 36.5 Å². The van der Waals surface area contributed by atoms with Gasteiger partial charge in [0.1, 0.15) is 0 Å². The van der Waals surface area contributed by atoms with Gasteiger partial charge < -0.3 is 0 Å². The fraction of sp³-hybridized carbons (Fsp3) is 0.250. The van der Waals surface area contributed by atoms with Gasteiger partial charge in [-0.05, 0) is 43.2 Å². The molecule has 31 heavy (non-hydrogen) atoms. The third-order valence-electron chi connectivity index (χ3n) is 5.41. The highest BCUT2D eigenvalue weighted by atomic mass is 32.2. The zero-order chi connectivity index (χ0) is 22.1. The number of alkyl halides is 3. The first-order valence-electron chi connectivity index (χ1n) is 9.33. The van der Waals surface area contributed by atoms with Gasteiger partial charge in [0.15, 0.2) is 11.6 Å². The molecule has 0 N–H and O–H groups in total. The van der Waals surface area contributed by atoms with Crippen LogP contribution in [0.25, 0.3) is 11.3 Å². The van der Waals surface area contributed by atoms with Gasteiger partial charge in [0.25, 0.3) is 10.0 Å². The number of aromatic nitrogens is 2. The molecule has 1 saturated carbocycles. The summed E-state index contributed by atoms with van der Waals surface area (Å²) in [5.74, 6) is -2.37. The number of halogens is 5. The van der Waals surface area contributed by atoms with Crippen LogP contribution in [-0.2, 0) is 22.7 Å². The molecule has 162 valence electrons. The van der Waals surface area contributed by atoms with Gasteiger partial charge in [-0.25, -0.2) is 17.2 Å². The van der Waals surface area contributed by atoms with E-state index in [0.717, 1.165) is 41.4 Å². The summed E-state index contributed by atoms with van der Waals surface area (Å²) in [5, 5.41) is 4.29. The van der Waals surface area contributed by atoms with Gasteiger partial charge >= 0.3 is 6.18 Å². The minimum atomic E-state index is -4.62. The molecule has 5 nitrogen and oxygen atoms in total. The van der Waals surface area contributed by atoms with E-state index in [4.69, 9.17) is 0 Å². The zero-order valence-corrected chi connectivity index (χ0v) is 16.5. The van der Waals surface area contributed by atoms with Crippen molar-refractivity contribution in [3.05, 3.63) is 65.4 Å². The van der Waals surface area contributed by atoms with Crippen molar-refractivity contribution in [2.24, 2.45) is 0 Å². The van der Waals surface area contributed by atoms with E-state index in [1.165, 1.54) is 6.20 Å². The largest absolute Gasteiger partial charge is 0.416 e. The predicted molar refractivity (Wildman–Crippen MR) is 101 cm³/mol. The lowest BCUT2D eigenvalue weighted by Crippen LogP contribution is -2.33. The first-order chi connectivity index (χ1) is 14.6. The van der Waals surface area contributed by atoms with Gasteiger partial charge in [-0.15, -0.1) is 0 Å². The van der Waals surface area contributed by atoms with E-state index in [1.807, 2.05) is 0 Å². The maximum atomic E-state index is 14.1. The Kier molecular flexibility index (Phi) is 4.20. The summed E-state index contributed by atoms with van der Waals surface area (Å²) in [6.07, 6.45) is -1.39. The Balaban J connectivity index is 1.64. The van der Waals surface area contributed by atoms with Gasteiger partial charge in [-0.1, -0.05) is 0 Å². The van der Waals surface area contributed by atoms with Crippen LogP contribution in [0, 0.1) is 11.6 Å². The van der Waals surface area contributed by atoms with Gasteiger partial charge in [-0.2, -0.15) is 18.3 Å². The summed E-state index contributed by atoms with van der Waals surface area (Å²) < 4.78 is 95.8. The van der Waals surface area contributed by atoms with E-state index in [2.05, 4.69) is 5.10 Å². The molecule has 2 aromatic carbocycles. The van der Waals surface area contributed by atoms with E-state index in [-0.39, 0.29) is 23.8 Å².